The van der Waals surface area contributed by atoms with Crippen molar-refractivity contribution >= 4 is 22.7 Å². The smallest absolute Gasteiger partial charge is 0.265 e. The van der Waals surface area contributed by atoms with Gasteiger partial charge in [-0.2, -0.15) is 5.10 Å². The fourth-order valence-electron chi connectivity index (χ4n) is 2.56. The van der Waals surface area contributed by atoms with E-state index in [0.717, 1.165) is 0 Å². The first-order chi connectivity index (χ1) is 11.9. The van der Waals surface area contributed by atoms with Gasteiger partial charge >= 0.3 is 0 Å². The van der Waals surface area contributed by atoms with Gasteiger partial charge in [-0.3, -0.25) is 18.8 Å². The number of aryl methyl sites for hydroxylation is 1. The van der Waals surface area contributed by atoms with Crippen LogP contribution in [0.3, 0.4) is 0 Å². The highest BCUT2D eigenvalue weighted by atomic mass is 16.3. The predicted molar refractivity (Wildman–Crippen MR) is 93.8 cm³/mol. The first kappa shape index (κ1) is 16.7. The van der Waals surface area contributed by atoms with Gasteiger partial charge in [0.15, 0.2) is 0 Å². The van der Waals surface area contributed by atoms with Crippen LogP contribution in [-0.4, -0.2) is 25.2 Å². The van der Waals surface area contributed by atoms with Gasteiger partial charge in [-0.05, 0) is 20.8 Å². The molecule has 0 aliphatic rings. The number of carbonyl (C=O) groups is 1. The van der Waals surface area contributed by atoms with E-state index in [9.17, 15) is 9.59 Å². The number of aromatic nitrogens is 4. The van der Waals surface area contributed by atoms with Gasteiger partial charge in [0.1, 0.15) is 17.5 Å². The number of anilines is 1. The van der Waals surface area contributed by atoms with Crippen LogP contribution < -0.4 is 10.9 Å². The van der Waals surface area contributed by atoms with Crippen LogP contribution >= 0.6 is 0 Å². The standard InChI is InChI=1S/C17H19N5O3/c1-5-6-21-9-18-16-14(17(21)24)13(11(4)25-16)15(23)20-12-7-19-22(8-12)10(2)3/h5,7-10H,1,6H2,2-4H3,(H,20,23). The van der Waals surface area contributed by atoms with E-state index in [-0.39, 0.29) is 28.3 Å². The minimum absolute atomic E-state index is 0.144. The van der Waals surface area contributed by atoms with Crippen molar-refractivity contribution in [3.05, 3.63) is 53.1 Å². The average Bonchev–Trinajstić information content (AvgIpc) is 3.14. The van der Waals surface area contributed by atoms with E-state index in [4.69, 9.17) is 4.42 Å². The second-order valence-electron chi connectivity index (χ2n) is 5.96. The zero-order valence-corrected chi connectivity index (χ0v) is 14.3. The molecule has 8 nitrogen and oxygen atoms in total. The summed E-state index contributed by atoms with van der Waals surface area (Å²) in [5.74, 6) is -0.0977. The summed E-state index contributed by atoms with van der Waals surface area (Å²) in [6.07, 6.45) is 6.25. The van der Waals surface area contributed by atoms with Crippen LogP contribution in [0.2, 0.25) is 0 Å². The number of rotatable bonds is 5. The Morgan fingerprint density at radius 3 is 2.88 bits per heavy atom. The number of hydrogen-bond acceptors (Lipinski definition) is 5. The predicted octanol–water partition coefficient (Wildman–Crippen LogP) is 2.51. The van der Waals surface area contributed by atoms with E-state index >= 15 is 0 Å². The summed E-state index contributed by atoms with van der Waals surface area (Å²) in [4.78, 5) is 29.4. The highest BCUT2D eigenvalue weighted by Crippen LogP contribution is 2.22. The summed E-state index contributed by atoms with van der Waals surface area (Å²) in [5, 5.41) is 7.10. The molecular weight excluding hydrogens is 322 g/mol. The molecule has 130 valence electrons. The lowest BCUT2D eigenvalue weighted by molar-refractivity contribution is 0.102. The summed E-state index contributed by atoms with van der Waals surface area (Å²) < 4.78 is 8.59. The number of amides is 1. The van der Waals surface area contributed by atoms with Gasteiger partial charge < -0.3 is 9.73 Å². The van der Waals surface area contributed by atoms with Gasteiger partial charge in [0.25, 0.3) is 11.5 Å². The van der Waals surface area contributed by atoms with E-state index < -0.39 is 5.91 Å². The average molecular weight is 341 g/mol. The lowest BCUT2D eigenvalue weighted by Gasteiger charge is -2.04. The number of nitrogens with one attached hydrogen (secondary N) is 1. The quantitative estimate of drug-likeness (QED) is 0.720. The van der Waals surface area contributed by atoms with Crippen LogP contribution in [0.15, 0.2) is 40.6 Å². The minimum atomic E-state index is -0.435. The van der Waals surface area contributed by atoms with E-state index in [1.807, 2.05) is 13.8 Å². The largest absolute Gasteiger partial charge is 0.442 e. The molecule has 0 aliphatic carbocycles. The minimum Gasteiger partial charge on any atom is -0.442 e. The normalized spacial score (nSPS) is 11.2. The molecular formula is C17H19N5O3. The van der Waals surface area contributed by atoms with Crippen molar-refractivity contribution < 1.29 is 9.21 Å². The van der Waals surface area contributed by atoms with Crippen LogP contribution in [-0.2, 0) is 6.54 Å². The van der Waals surface area contributed by atoms with Gasteiger partial charge in [-0.1, -0.05) is 6.08 Å². The first-order valence-corrected chi connectivity index (χ1v) is 7.87. The van der Waals surface area contributed by atoms with Crippen LogP contribution in [0.25, 0.3) is 11.1 Å². The topological polar surface area (TPSA) is 94.9 Å². The van der Waals surface area contributed by atoms with Crippen molar-refractivity contribution in [2.45, 2.75) is 33.4 Å². The third-order valence-corrected chi connectivity index (χ3v) is 3.80. The molecule has 0 bridgehead atoms. The SMILES string of the molecule is C=CCn1cnc2oc(C)c(C(=O)Nc3cnn(C(C)C)c3)c2c1=O. The number of furan rings is 1. The molecule has 0 radical (unpaired) electrons. The van der Waals surface area contributed by atoms with Crippen LogP contribution in [0.4, 0.5) is 5.69 Å². The zero-order valence-electron chi connectivity index (χ0n) is 14.3. The Morgan fingerprint density at radius 1 is 1.48 bits per heavy atom. The molecule has 0 aliphatic heterocycles. The fourth-order valence-corrected chi connectivity index (χ4v) is 2.56. The number of nitrogens with zero attached hydrogens (tertiary/aromatic N) is 4. The van der Waals surface area contributed by atoms with Crippen molar-refractivity contribution in [2.75, 3.05) is 5.32 Å². The maximum Gasteiger partial charge on any atom is 0.265 e. The molecule has 0 saturated heterocycles. The Balaban J connectivity index is 2.02. The van der Waals surface area contributed by atoms with Crippen molar-refractivity contribution in [3.8, 4) is 0 Å². The maximum absolute atomic E-state index is 12.7. The van der Waals surface area contributed by atoms with Crippen molar-refractivity contribution in [3.63, 3.8) is 0 Å². The third kappa shape index (κ3) is 2.98. The third-order valence-electron chi connectivity index (χ3n) is 3.80. The Bertz CT molecular complexity index is 1010. The molecule has 0 fully saturated rings. The summed E-state index contributed by atoms with van der Waals surface area (Å²) >= 11 is 0. The summed E-state index contributed by atoms with van der Waals surface area (Å²) in [6, 6.07) is 0.178. The van der Waals surface area contributed by atoms with Gasteiger partial charge in [0.2, 0.25) is 5.71 Å². The lowest BCUT2D eigenvalue weighted by Crippen LogP contribution is -2.22. The van der Waals surface area contributed by atoms with Gasteiger partial charge in [0.05, 0.1) is 17.4 Å². The van der Waals surface area contributed by atoms with Crippen molar-refractivity contribution in [1.82, 2.24) is 19.3 Å². The molecule has 3 rings (SSSR count). The fraction of sp³-hybridized carbons (Fsp3) is 0.294. The molecule has 3 aromatic heterocycles. The summed E-state index contributed by atoms with van der Waals surface area (Å²) in [5.41, 5.74) is 0.529. The molecule has 3 aromatic rings. The zero-order chi connectivity index (χ0) is 18.1. The van der Waals surface area contributed by atoms with Gasteiger partial charge in [-0.25, -0.2) is 4.98 Å². The van der Waals surface area contributed by atoms with Crippen molar-refractivity contribution in [2.24, 2.45) is 0 Å². The molecule has 1 amide bonds. The Kier molecular flexibility index (Phi) is 4.26. The second-order valence-corrected chi connectivity index (χ2v) is 5.96. The van der Waals surface area contributed by atoms with Gasteiger partial charge in [0, 0.05) is 18.8 Å². The molecule has 25 heavy (non-hydrogen) atoms. The van der Waals surface area contributed by atoms with E-state index in [1.54, 1.807) is 30.1 Å². The van der Waals surface area contributed by atoms with Crippen LogP contribution in [0.1, 0.15) is 36.0 Å². The number of carbonyl (C=O) groups excluding carboxylic acids is 1. The van der Waals surface area contributed by atoms with Crippen molar-refractivity contribution in [1.29, 1.82) is 0 Å². The van der Waals surface area contributed by atoms with Gasteiger partial charge in [-0.15, -0.1) is 6.58 Å². The van der Waals surface area contributed by atoms with E-state index in [0.29, 0.717) is 18.0 Å². The second kappa shape index (κ2) is 6.39. The highest BCUT2D eigenvalue weighted by Gasteiger charge is 2.23. The number of allylic oxidation sites excluding steroid dienone is 1. The Morgan fingerprint density at radius 2 is 2.24 bits per heavy atom. The molecule has 0 unspecified atom stereocenters. The molecule has 1 N–H and O–H groups in total. The molecule has 3 heterocycles. The number of fused-ring (bicyclic) bond motifs is 1. The maximum atomic E-state index is 12.7. The monoisotopic (exact) mass is 341 g/mol. The van der Waals surface area contributed by atoms with Crippen LogP contribution in [0.5, 0.6) is 0 Å². The Hall–Kier alpha value is -3.16. The summed E-state index contributed by atoms with van der Waals surface area (Å²) in [6.45, 7) is 9.52. The molecule has 0 atom stereocenters. The Labute approximate surface area is 143 Å². The lowest BCUT2D eigenvalue weighted by atomic mass is 10.1. The van der Waals surface area contributed by atoms with E-state index in [2.05, 4.69) is 22.0 Å². The molecule has 0 saturated carbocycles. The molecule has 0 aromatic carbocycles. The summed E-state index contributed by atoms with van der Waals surface area (Å²) in [7, 11) is 0. The molecule has 8 heteroatoms. The molecule has 0 spiro atoms. The number of hydrogen-bond donors (Lipinski definition) is 1. The first-order valence-electron chi connectivity index (χ1n) is 7.87. The van der Waals surface area contributed by atoms with Crippen LogP contribution in [0, 0.1) is 6.92 Å². The van der Waals surface area contributed by atoms with E-state index in [1.165, 1.54) is 10.9 Å². The highest BCUT2D eigenvalue weighted by molar-refractivity contribution is 6.12.